The highest BCUT2D eigenvalue weighted by molar-refractivity contribution is 7.89. The first-order valence-electron chi connectivity index (χ1n) is 13.2. The van der Waals surface area contributed by atoms with Gasteiger partial charge in [-0.25, -0.2) is 17.8 Å². The summed E-state index contributed by atoms with van der Waals surface area (Å²) in [7, 11) is -0.713. The second-order valence-corrected chi connectivity index (χ2v) is 12.6. The number of carbonyl (C=O) groups is 2. The number of piperazine rings is 1. The molecule has 42 heavy (non-hydrogen) atoms. The number of rotatable bonds is 7. The van der Waals surface area contributed by atoms with Gasteiger partial charge in [0.05, 0.1) is 34.8 Å². The van der Waals surface area contributed by atoms with Gasteiger partial charge in [0.25, 0.3) is 11.8 Å². The number of hydrogen-bond donors (Lipinski definition) is 2. The van der Waals surface area contributed by atoms with Crippen LogP contribution in [-0.2, 0) is 17.1 Å². The van der Waals surface area contributed by atoms with Crippen LogP contribution in [0.4, 0.5) is 14.5 Å². The largest absolute Gasteiger partial charge is 0.494 e. The van der Waals surface area contributed by atoms with E-state index in [1.165, 1.54) is 59.6 Å². The Bertz CT molecular complexity index is 1640. The summed E-state index contributed by atoms with van der Waals surface area (Å²) in [6.07, 6.45) is 1.83. The van der Waals surface area contributed by atoms with Gasteiger partial charge in [-0.15, -0.1) is 0 Å². The zero-order valence-electron chi connectivity index (χ0n) is 22.9. The highest BCUT2D eigenvalue weighted by Gasteiger charge is 2.36. The summed E-state index contributed by atoms with van der Waals surface area (Å²) in [6.45, 7) is 1.97. The maximum Gasteiger partial charge on any atom is 0.291 e. The minimum absolute atomic E-state index is 0.0712. The maximum atomic E-state index is 14.6. The van der Waals surface area contributed by atoms with E-state index in [1.807, 2.05) is 0 Å². The summed E-state index contributed by atoms with van der Waals surface area (Å²) in [6, 6.07) is 7.02. The molecule has 1 atom stereocenters. The molecule has 2 amide bonds. The Balaban J connectivity index is 1.24. The lowest BCUT2D eigenvalue weighted by Crippen LogP contribution is -2.52. The SMILES string of the molecule is COc1ccc(-c2cnc(C(=O)Nc3ccc(C(=O)N4CCN(S(=O)(=O)C5CCNC5)CC4)c(Cl)c3)n2C)c(F)c1F. The van der Waals surface area contributed by atoms with Crippen molar-refractivity contribution in [2.45, 2.75) is 11.7 Å². The van der Waals surface area contributed by atoms with E-state index in [1.54, 1.807) is 4.90 Å². The number of imidazole rings is 1. The molecular formula is C27H29ClF2N6O5S. The first kappa shape index (κ1) is 29.9. The fourth-order valence-corrected chi connectivity index (χ4v) is 7.22. The molecule has 2 saturated heterocycles. The molecule has 0 saturated carbocycles. The Kier molecular flexibility index (Phi) is 8.51. The van der Waals surface area contributed by atoms with Crippen LogP contribution in [0.2, 0.25) is 5.02 Å². The Hall–Kier alpha value is -3.59. The molecule has 2 fully saturated rings. The molecular weight excluding hydrogens is 594 g/mol. The normalized spacial score (nSPS) is 17.8. The Morgan fingerprint density at radius 2 is 1.86 bits per heavy atom. The molecule has 2 aromatic carbocycles. The van der Waals surface area contributed by atoms with Gasteiger partial charge in [-0.1, -0.05) is 11.6 Å². The van der Waals surface area contributed by atoms with Crippen LogP contribution in [0.5, 0.6) is 5.75 Å². The second kappa shape index (κ2) is 12.0. The van der Waals surface area contributed by atoms with Crippen molar-refractivity contribution in [1.82, 2.24) is 24.1 Å². The number of hydrogen-bond acceptors (Lipinski definition) is 7. The summed E-state index contributed by atoms with van der Waals surface area (Å²) in [5.74, 6) is -3.59. The Morgan fingerprint density at radius 3 is 2.50 bits per heavy atom. The van der Waals surface area contributed by atoms with E-state index in [9.17, 15) is 26.8 Å². The van der Waals surface area contributed by atoms with Crippen molar-refractivity contribution in [1.29, 1.82) is 0 Å². The number of nitrogens with zero attached hydrogens (tertiary/aromatic N) is 4. The van der Waals surface area contributed by atoms with E-state index in [0.717, 1.165) is 0 Å². The molecule has 11 nitrogen and oxygen atoms in total. The van der Waals surface area contributed by atoms with Gasteiger partial charge in [0, 0.05) is 51.0 Å². The van der Waals surface area contributed by atoms with Crippen molar-refractivity contribution in [2.75, 3.05) is 51.7 Å². The van der Waals surface area contributed by atoms with Crippen LogP contribution in [0.1, 0.15) is 27.4 Å². The van der Waals surface area contributed by atoms with Crippen LogP contribution < -0.4 is 15.4 Å². The molecule has 0 radical (unpaired) electrons. The third-order valence-corrected chi connectivity index (χ3v) is 10.2. The number of sulfonamides is 1. The average molecular weight is 623 g/mol. The number of amides is 2. The van der Waals surface area contributed by atoms with E-state index in [-0.39, 0.29) is 71.2 Å². The molecule has 1 unspecified atom stereocenters. The van der Waals surface area contributed by atoms with Gasteiger partial charge in [0.2, 0.25) is 15.8 Å². The number of methoxy groups -OCH3 is 1. The number of ether oxygens (including phenoxy) is 1. The van der Waals surface area contributed by atoms with Crippen molar-refractivity contribution in [3.05, 3.63) is 64.6 Å². The van der Waals surface area contributed by atoms with Crippen LogP contribution in [0.25, 0.3) is 11.3 Å². The van der Waals surface area contributed by atoms with E-state index in [0.29, 0.717) is 19.5 Å². The molecule has 224 valence electrons. The van der Waals surface area contributed by atoms with Crippen molar-refractivity contribution < 1.29 is 31.5 Å². The topological polar surface area (TPSA) is 126 Å². The van der Waals surface area contributed by atoms with Gasteiger partial charge in [-0.3, -0.25) is 9.59 Å². The van der Waals surface area contributed by atoms with Gasteiger partial charge in [-0.2, -0.15) is 8.70 Å². The smallest absolute Gasteiger partial charge is 0.291 e. The van der Waals surface area contributed by atoms with E-state index < -0.39 is 32.8 Å². The van der Waals surface area contributed by atoms with Crippen molar-refractivity contribution in [2.24, 2.45) is 7.05 Å². The van der Waals surface area contributed by atoms with Crippen molar-refractivity contribution >= 4 is 39.1 Å². The van der Waals surface area contributed by atoms with Crippen LogP contribution in [0.15, 0.2) is 36.5 Å². The fraction of sp³-hybridized carbons (Fsp3) is 0.370. The van der Waals surface area contributed by atoms with Crippen molar-refractivity contribution in [3.8, 4) is 17.0 Å². The number of anilines is 1. The summed E-state index contributed by atoms with van der Waals surface area (Å²) >= 11 is 6.41. The summed E-state index contributed by atoms with van der Waals surface area (Å²) in [4.78, 5) is 31.7. The lowest BCUT2D eigenvalue weighted by molar-refractivity contribution is 0.0697. The zero-order chi connectivity index (χ0) is 30.2. The number of benzene rings is 2. The molecule has 2 aliphatic heterocycles. The summed E-state index contributed by atoms with van der Waals surface area (Å²) in [5.41, 5.74) is 0.573. The van der Waals surface area contributed by atoms with E-state index in [2.05, 4.69) is 15.6 Å². The molecule has 0 aliphatic carbocycles. The van der Waals surface area contributed by atoms with Gasteiger partial charge in [-0.05, 0) is 43.3 Å². The quantitative estimate of drug-likeness (QED) is 0.415. The molecule has 2 N–H and O–H groups in total. The molecule has 1 aromatic heterocycles. The van der Waals surface area contributed by atoms with Gasteiger partial charge < -0.3 is 24.8 Å². The minimum Gasteiger partial charge on any atom is -0.494 e. The van der Waals surface area contributed by atoms with Crippen molar-refractivity contribution in [3.63, 3.8) is 0 Å². The molecule has 2 aliphatic rings. The lowest BCUT2D eigenvalue weighted by Gasteiger charge is -2.35. The van der Waals surface area contributed by atoms with Crippen LogP contribution in [0.3, 0.4) is 0 Å². The summed E-state index contributed by atoms with van der Waals surface area (Å²) < 4.78 is 62.1. The molecule has 3 aromatic rings. The molecule has 0 spiro atoms. The van der Waals surface area contributed by atoms with Gasteiger partial charge >= 0.3 is 0 Å². The monoisotopic (exact) mass is 622 g/mol. The average Bonchev–Trinajstić information content (AvgIpc) is 3.65. The predicted molar refractivity (Wildman–Crippen MR) is 152 cm³/mol. The number of aromatic nitrogens is 2. The zero-order valence-corrected chi connectivity index (χ0v) is 24.4. The predicted octanol–water partition coefficient (Wildman–Crippen LogP) is 2.73. The van der Waals surface area contributed by atoms with E-state index >= 15 is 0 Å². The molecule has 15 heteroatoms. The molecule has 0 bridgehead atoms. The van der Waals surface area contributed by atoms with Crippen LogP contribution >= 0.6 is 11.6 Å². The maximum absolute atomic E-state index is 14.6. The Morgan fingerprint density at radius 1 is 1.12 bits per heavy atom. The Labute approximate surface area is 246 Å². The number of carbonyl (C=O) groups excluding carboxylic acids is 2. The lowest BCUT2D eigenvalue weighted by atomic mass is 10.1. The van der Waals surface area contributed by atoms with E-state index in [4.69, 9.17) is 16.3 Å². The first-order valence-corrected chi connectivity index (χ1v) is 15.0. The van der Waals surface area contributed by atoms with Gasteiger partial charge in [0.15, 0.2) is 17.4 Å². The molecule has 3 heterocycles. The standard InChI is InChI=1S/C27H29ClF2N6O5S/c1-34-21(19-5-6-22(41-2)24(30)23(19)29)15-32-25(34)26(37)33-16-3-4-18(20(28)13-16)27(38)35-9-11-36(12-10-35)42(39,40)17-7-8-31-14-17/h3-6,13,15,17,31H,7-12,14H2,1-2H3,(H,33,37). The van der Waals surface area contributed by atoms with Gasteiger partial charge in [0.1, 0.15) is 0 Å². The van der Waals surface area contributed by atoms with Crippen LogP contribution in [-0.4, -0.2) is 90.6 Å². The van der Waals surface area contributed by atoms with Crippen LogP contribution in [0, 0.1) is 11.6 Å². The third-order valence-electron chi connectivity index (χ3n) is 7.51. The fourth-order valence-electron chi connectivity index (χ4n) is 5.12. The minimum atomic E-state index is -3.43. The highest BCUT2D eigenvalue weighted by Crippen LogP contribution is 2.30. The number of nitrogens with one attached hydrogen (secondary N) is 2. The summed E-state index contributed by atoms with van der Waals surface area (Å²) in [5, 5.41) is 5.37. The molecule has 5 rings (SSSR count). The first-order chi connectivity index (χ1) is 20.0. The third kappa shape index (κ3) is 5.59. The second-order valence-electron chi connectivity index (χ2n) is 9.97. The highest BCUT2D eigenvalue weighted by atomic mass is 35.5. The number of halogens is 3.